The fourth-order valence-electron chi connectivity index (χ4n) is 2.08. The van der Waals surface area contributed by atoms with Gasteiger partial charge in [0.2, 0.25) is 0 Å². The van der Waals surface area contributed by atoms with E-state index in [0.717, 1.165) is 19.1 Å². The Bertz CT molecular complexity index is 152. The standard InChI is InChI=1S/C11H24N2S/c1-4-14-8-5-10(2)13-7-6-12-9-11(13)3/h10-12H,4-9H2,1-3H3. The number of thioether (sulfide) groups is 1. The lowest BCUT2D eigenvalue weighted by molar-refractivity contribution is 0.124. The van der Waals surface area contributed by atoms with Crippen LogP contribution in [-0.2, 0) is 0 Å². The molecule has 0 aromatic rings. The number of rotatable bonds is 5. The van der Waals surface area contributed by atoms with E-state index in [-0.39, 0.29) is 0 Å². The summed E-state index contributed by atoms with van der Waals surface area (Å²) < 4.78 is 0. The zero-order chi connectivity index (χ0) is 10.4. The number of hydrogen-bond donors (Lipinski definition) is 1. The van der Waals surface area contributed by atoms with Crippen molar-refractivity contribution in [3.63, 3.8) is 0 Å². The minimum absolute atomic E-state index is 0.713. The van der Waals surface area contributed by atoms with E-state index < -0.39 is 0 Å². The van der Waals surface area contributed by atoms with E-state index in [9.17, 15) is 0 Å². The second kappa shape index (κ2) is 6.70. The Hall–Kier alpha value is 0.270. The van der Waals surface area contributed by atoms with Gasteiger partial charge in [0.25, 0.3) is 0 Å². The summed E-state index contributed by atoms with van der Waals surface area (Å²) in [4.78, 5) is 2.65. The third-order valence-corrected chi connectivity index (χ3v) is 3.94. The van der Waals surface area contributed by atoms with Crippen LogP contribution in [0.25, 0.3) is 0 Å². The number of hydrogen-bond acceptors (Lipinski definition) is 3. The topological polar surface area (TPSA) is 15.3 Å². The van der Waals surface area contributed by atoms with Crippen molar-refractivity contribution in [1.82, 2.24) is 10.2 Å². The molecule has 14 heavy (non-hydrogen) atoms. The first-order valence-corrected chi connectivity index (χ1v) is 6.95. The van der Waals surface area contributed by atoms with Crippen molar-refractivity contribution in [2.45, 2.75) is 39.3 Å². The van der Waals surface area contributed by atoms with Gasteiger partial charge < -0.3 is 5.32 Å². The number of nitrogens with zero attached hydrogens (tertiary/aromatic N) is 1. The first-order chi connectivity index (χ1) is 6.75. The molecule has 0 aromatic heterocycles. The molecule has 2 unspecified atom stereocenters. The van der Waals surface area contributed by atoms with Crippen molar-refractivity contribution in [1.29, 1.82) is 0 Å². The third-order valence-electron chi connectivity index (χ3n) is 3.00. The normalized spacial score (nSPS) is 26.4. The van der Waals surface area contributed by atoms with Crippen LogP contribution in [0, 0.1) is 0 Å². The highest BCUT2D eigenvalue weighted by molar-refractivity contribution is 7.99. The van der Waals surface area contributed by atoms with E-state index in [4.69, 9.17) is 0 Å². The van der Waals surface area contributed by atoms with Gasteiger partial charge in [-0.25, -0.2) is 0 Å². The second-order valence-corrected chi connectivity index (χ2v) is 5.52. The van der Waals surface area contributed by atoms with E-state index in [1.54, 1.807) is 0 Å². The highest BCUT2D eigenvalue weighted by Gasteiger charge is 2.22. The molecule has 0 amide bonds. The van der Waals surface area contributed by atoms with Gasteiger partial charge in [0.1, 0.15) is 0 Å². The maximum absolute atomic E-state index is 3.44. The van der Waals surface area contributed by atoms with Gasteiger partial charge in [-0.3, -0.25) is 4.90 Å². The highest BCUT2D eigenvalue weighted by atomic mass is 32.2. The molecule has 0 saturated carbocycles. The van der Waals surface area contributed by atoms with Crippen LogP contribution in [0.5, 0.6) is 0 Å². The Morgan fingerprint density at radius 1 is 1.57 bits per heavy atom. The van der Waals surface area contributed by atoms with E-state index in [1.807, 2.05) is 0 Å². The van der Waals surface area contributed by atoms with Crippen LogP contribution in [-0.4, -0.2) is 48.1 Å². The molecule has 1 N–H and O–H groups in total. The summed E-state index contributed by atoms with van der Waals surface area (Å²) in [6.45, 7) is 10.5. The second-order valence-electron chi connectivity index (χ2n) is 4.13. The first-order valence-electron chi connectivity index (χ1n) is 5.80. The molecule has 1 heterocycles. The molecule has 0 aromatic carbocycles. The average Bonchev–Trinajstić information content (AvgIpc) is 2.18. The Morgan fingerprint density at radius 2 is 2.36 bits per heavy atom. The molecule has 1 aliphatic heterocycles. The summed E-state index contributed by atoms with van der Waals surface area (Å²) in [5, 5.41) is 3.44. The van der Waals surface area contributed by atoms with Gasteiger partial charge in [0.05, 0.1) is 0 Å². The van der Waals surface area contributed by atoms with E-state index >= 15 is 0 Å². The summed E-state index contributed by atoms with van der Waals surface area (Å²) >= 11 is 2.06. The summed E-state index contributed by atoms with van der Waals surface area (Å²) in [5.41, 5.74) is 0. The Morgan fingerprint density at radius 3 is 3.00 bits per heavy atom. The van der Waals surface area contributed by atoms with Crippen LogP contribution in [0.3, 0.4) is 0 Å². The SMILES string of the molecule is CCSCCC(C)N1CCNCC1C. The van der Waals surface area contributed by atoms with Gasteiger partial charge in [0, 0.05) is 31.7 Å². The zero-order valence-corrected chi connectivity index (χ0v) is 10.6. The molecule has 1 rings (SSSR count). The van der Waals surface area contributed by atoms with Gasteiger partial charge >= 0.3 is 0 Å². The predicted octanol–water partition coefficient (Wildman–Crippen LogP) is 1.81. The lowest BCUT2D eigenvalue weighted by atomic mass is 10.1. The van der Waals surface area contributed by atoms with Crippen LogP contribution >= 0.6 is 11.8 Å². The highest BCUT2D eigenvalue weighted by Crippen LogP contribution is 2.13. The molecule has 2 atom stereocenters. The molecular weight excluding hydrogens is 192 g/mol. The van der Waals surface area contributed by atoms with Gasteiger partial charge in [-0.05, 0) is 31.8 Å². The fourth-order valence-corrected chi connectivity index (χ4v) is 2.87. The molecule has 0 spiro atoms. The molecular formula is C11H24N2S. The van der Waals surface area contributed by atoms with Crippen molar-refractivity contribution in [2.75, 3.05) is 31.1 Å². The van der Waals surface area contributed by atoms with Gasteiger partial charge in [-0.1, -0.05) is 6.92 Å². The molecule has 0 radical (unpaired) electrons. The Balaban J connectivity index is 2.23. The van der Waals surface area contributed by atoms with Crippen molar-refractivity contribution in [3.8, 4) is 0 Å². The molecule has 1 fully saturated rings. The van der Waals surface area contributed by atoms with E-state index in [2.05, 4.69) is 42.7 Å². The number of piperazine rings is 1. The van der Waals surface area contributed by atoms with Gasteiger partial charge in [-0.15, -0.1) is 0 Å². The van der Waals surface area contributed by atoms with Crippen molar-refractivity contribution < 1.29 is 0 Å². The quantitative estimate of drug-likeness (QED) is 0.706. The van der Waals surface area contributed by atoms with Crippen LogP contribution in [0.15, 0.2) is 0 Å². The lowest BCUT2D eigenvalue weighted by Crippen LogP contribution is -2.53. The van der Waals surface area contributed by atoms with Crippen molar-refractivity contribution in [3.05, 3.63) is 0 Å². The maximum Gasteiger partial charge on any atom is 0.0195 e. The Kier molecular flexibility index (Phi) is 5.90. The maximum atomic E-state index is 3.44. The molecule has 0 bridgehead atoms. The number of nitrogens with one attached hydrogen (secondary N) is 1. The van der Waals surface area contributed by atoms with Crippen LogP contribution in [0.1, 0.15) is 27.2 Å². The molecule has 0 aliphatic carbocycles. The fraction of sp³-hybridized carbons (Fsp3) is 1.00. The monoisotopic (exact) mass is 216 g/mol. The minimum atomic E-state index is 0.713. The third kappa shape index (κ3) is 3.79. The average molecular weight is 216 g/mol. The molecule has 2 nitrogen and oxygen atoms in total. The largest absolute Gasteiger partial charge is 0.314 e. The summed E-state index contributed by atoms with van der Waals surface area (Å²) in [6, 6.07) is 1.47. The molecule has 3 heteroatoms. The molecule has 1 saturated heterocycles. The molecule has 84 valence electrons. The Labute approximate surface area is 92.8 Å². The van der Waals surface area contributed by atoms with Gasteiger partial charge in [-0.2, -0.15) is 11.8 Å². The smallest absolute Gasteiger partial charge is 0.0195 e. The van der Waals surface area contributed by atoms with E-state index in [0.29, 0.717) is 6.04 Å². The van der Waals surface area contributed by atoms with Crippen LogP contribution in [0.2, 0.25) is 0 Å². The van der Waals surface area contributed by atoms with Crippen molar-refractivity contribution in [2.24, 2.45) is 0 Å². The molecule has 1 aliphatic rings. The predicted molar refractivity (Wildman–Crippen MR) is 66.1 cm³/mol. The lowest BCUT2D eigenvalue weighted by Gasteiger charge is -2.38. The minimum Gasteiger partial charge on any atom is -0.314 e. The first kappa shape index (κ1) is 12.3. The summed E-state index contributed by atoms with van der Waals surface area (Å²) in [5.74, 6) is 2.57. The van der Waals surface area contributed by atoms with Crippen molar-refractivity contribution >= 4 is 11.8 Å². The van der Waals surface area contributed by atoms with Crippen LogP contribution in [0.4, 0.5) is 0 Å². The van der Waals surface area contributed by atoms with Crippen LogP contribution < -0.4 is 5.32 Å². The summed E-state index contributed by atoms with van der Waals surface area (Å²) in [7, 11) is 0. The van der Waals surface area contributed by atoms with Gasteiger partial charge in [0.15, 0.2) is 0 Å². The summed E-state index contributed by atoms with van der Waals surface area (Å²) in [6.07, 6.45) is 1.34. The zero-order valence-electron chi connectivity index (χ0n) is 9.75. The van der Waals surface area contributed by atoms with E-state index in [1.165, 1.54) is 24.5 Å².